The van der Waals surface area contributed by atoms with Gasteiger partial charge >= 0.3 is 12.2 Å². The molecule has 0 fully saturated rings. The average molecular weight is 525 g/mol. The summed E-state index contributed by atoms with van der Waals surface area (Å²) in [7, 11) is 0. The SMILES string of the molecule is CCCCNC(F)(F)C(F)(F)F.Fc1c(F)c(F)c(-c2c(F)c(F)c(F)c(F)c2F)c(F)c1F. The maximum Gasteiger partial charge on any atom is 0.469 e. The number of unbranched alkanes of at least 4 members (excludes halogenated alkanes) is 1. The lowest BCUT2D eigenvalue weighted by Gasteiger charge is -2.20. The van der Waals surface area contributed by atoms with Crippen LogP contribution in [-0.4, -0.2) is 18.8 Å². The summed E-state index contributed by atoms with van der Waals surface area (Å²) in [5.41, 5.74) is -4.52. The highest BCUT2D eigenvalue weighted by atomic mass is 19.4. The van der Waals surface area contributed by atoms with Crippen molar-refractivity contribution in [3.63, 3.8) is 0 Å². The second-order valence-electron chi connectivity index (χ2n) is 6.24. The molecule has 2 aromatic rings. The summed E-state index contributed by atoms with van der Waals surface area (Å²) < 4.78 is 190. The zero-order valence-electron chi connectivity index (χ0n) is 16.3. The fourth-order valence-electron chi connectivity index (χ4n) is 2.17. The Hall–Kier alpha value is -2.65. The topological polar surface area (TPSA) is 12.0 Å². The first kappa shape index (κ1) is 29.4. The summed E-state index contributed by atoms with van der Waals surface area (Å²) in [4.78, 5) is 0. The van der Waals surface area contributed by atoms with Crippen molar-refractivity contribution in [1.29, 1.82) is 0 Å². The molecule has 0 aliphatic heterocycles. The van der Waals surface area contributed by atoms with Crippen LogP contribution in [0.15, 0.2) is 0 Å². The summed E-state index contributed by atoms with van der Waals surface area (Å²) >= 11 is 0. The van der Waals surface area contributed by atoms with E-state index < -0.39 is 81.5 Å². The van der Waals surface area contributed by atoms with Gasteiger partial charge in [-0.05, 0) is 6.42 Å². The van der Waals surface area contributed by atoms with Gasteiger partial charge in [-0.25, -0.2) is 43.9 Å². The fraction of sp³-hybridized carbons (Fsp3) is 0.333. The number of hydrogen-bond donors (Lipinski definition) is 1. The Kier molecular flexibility index (Phi) is 9.28. The molecular formula is C18H10F15N. The van der Waals surface area contributed by atoms with Gasteiger partial charge in [0.25, 0.3) is 0 Å². The number of halogens is 15. The minimum atomic E-state index is -5.50. The lowest BCUT2D eigenvalue weighted by atomic mass is 10.0. The molecule has 34 heavy (non-hydrogen) atoms. The van der Waals surface area contributed by atoms with Crippen molar-refractivity contribution in [3.8, 4) is 11.1 Å². The van der Waals surface area contributed by atoms with Gasteiger partial charge in [0, 0.05) is 6.54 Å². The maximum atomic E-state index is 13.4. The predicted molar refractivity (Wildman–Crippen MR) is 85.4 cm³/mol. The Morgan fingerprint density at radius 1 is 0.500 bits per heavy atom. The Balaban J connectivity index is 0.000000411. The third-order valence-corrected chi connectivity index (χ3v) is 3.90. The van der Waals surface area contributed by atoms with Crippen molar-refractivity contribution in [2.45, 2.75) is 32.0 Å². The molecule has 0 spiro atoms. The van der Waals surface area contributed by atoms with Crippen LogP contribution in [0.4, 0.5) is 65.9 Å². The van der Waals surface area contributed by atoms with Crippen LogP contribution in [0.25, 0.3) is 11.1 Å². The minimum absolute atomic E-state index is 0.297. The van der Waals surface area contributed by atoms with Crippen LogP contribution in [0.1, 0.15) is 19.8 Å². The molecule has 0 amide bonds. The van der Waals surface area contributed by atoms with Gasteiger partial charge in [-0.1, -0.05) is 13.3 Å². The molecule has 0 radical (unpaired) electrons. The van der Waals surface area contributed by atoms with Crippen molar-refractivity contribution < 1.29 is 65.9 Å². The van der Waals surface area contributed by atoms with Crippen LogP contribution < -0.4 is 5.32 Å². The van der Waals surface area contributed by atoms with Gasteiger partial charge in [0.05, 0.1) is 11.1 Å². The molecule has 0 heterocycles. The third kappa shape index (κ3) is 5.70. The van der Waals surface area contributed by atoms with Crippen molar-refractivity contribution in [3.05, 3.63) is 58.2 Å². The van der Waals surface area contributed by atoms with Crippen LogP contribution in [0.5, 0.6) is 0 Å². The highest BCUT2D eigenvalue weighted by Crippen LogP contribution is 2.37. The summed E-state index contributed by atoms with van der Waals surface area (Å²) in [6.07, 6.45) is -4.63. The average Bonchev–Trinajstić information content (AvgIpc) is 2.75. The number of benzene rings is 2. The van der Waals surface area contributed by atoms with Crippen LogP contribution in [-0.2, 0) is 0 Å². The first-order valence-corrected chi connectivity index (χ1v) is 8.65. The smallest absolute Gasteiger partial charge is 0.250 e. The lowest BCUT2D eigenvalue weighted by molar-refractivity contribution is -0.295. The van der Waals surface area contributed by atoms with Gasteiger partial charge in [0.15, 0.2) is 46.5 Å². The molecule has 0 aromatic heterocycles. The van der Waals surface area contributed by atoms with Crippen molar-refractivity contribution in [2.24, 2.45) is 0 Å². The summed E-state index contributed by atoms with van der Waals surface area (Å²) in [5.74, 6) is -26.6. The molecule has 2 rings (SSSR count). The van der Waals surface area contributed by atoms with Gasteiger partial charge in [-0.3, -0.25) is 5.32 Å². The van der Waals surface area contributed by atoms with E-state index in [1.165, 1.54) is 0 Å². The van der Waals surface area contributed by atoms with Crippen LogP contribution in [0, 0.1) is 58.2 Å². The van der Waals surface area contributed by atoms with E-state index in [4.69, 9.17) is 0 Å². The Morgan fingerprint density at radius 3 is 1.00 bits per heavy atom. The van der Waals surface area contributed by atoms with E-state index in [0.717, 1.165) is 5.32 Å². The van der Waals surface area contributed by atoms with Crippen LogP contribution in [0.2, 0.25) is 0 Å². The van der Waals surface area contributed by atoms with E-state index in [-0.39, 0.29) is 6.54 Å². The van der Waals surface area contributed by atoms with Gasteiger partial charge in [0.2, 0.25) is 11.6 Å². The molecule has 1 nitrogen and oxygen atoms in total. The first-order valence-electron chi connectivity index (χ1n) is 8.65. The molecule has 0 saturated carbocycles. The largest absolute Gasteiger partial charge is 0.469 e. The Morgan fingerprint density at radius 2 is 0.765 bits per heavy atom. The first-order chi connectivity index (χ1) is 15.4. The Bertz CT molecular complexity index is 920. The normalized spacial score (nSPS) is 12.0. The molecule has 1 N–H and O–H groups in total. The molecule has 0 unspecified atom stereocenters. The fourth-order valence-corrected chi connectivity index (χ4v) is 2.17. The monoisotopic (exact) mass is 525 g/mol. The van der Waals surface area contributed by atoms with Gasteiger partial charge in [-0.15, -0.1) is 0 Å². The number of rotatable bonds is 5. The third-order valence-electron chi connectivity index (χ3n) is 3.90. The van der Waals surface area contributed by atoms with E-state index in [2.05, 4.69) is 0 Å². The lowest BCUT2D eigenvalue weighted by Crippen LogP contribution is -2.49. The highest BCUT2D eigenvalue weighted by molar-refractivity contribution is 5.67. The number of hydrogen-bond acceptors (Lipinski definition) is 1. The van der Waals surface area contributed by atoms with Gasteiger partial charge < -0.3 is 0 Å². The zero-order chi connectivity index (χ0) is 26.8. The number of alkyl halides is 5. The zero-order valence-corrected chi connectivity index (χ0v) is 16.3. The van der Waals surface area contributed by atoms with Crippen LogP contribution in [0.3, 0.4) is 0 Å². The predicted octanol–water partition coefficient (Wildman–Crippen LogP) is 7.28. The number of nitrogens with one attached hydrogen (secondary N) is 1. The Labute approximate surface area is 180 Å². The second-order valence-corrected chi connectivity index (χ2v) is 6.24. The van der Waals surface area contributed by atoms with Crippen molar-refractivity contribution in [2.75, 3.05) is 6.54 Å². The molecule has 0 atom stereocenters. The van der Waals surface area contributed by atoms with E-state index in [1.807, 2.05) is 0 Å². The van der Waals surface area contributed by atoms with Gasteiger partial charge in [0.1, 0.15) is 0 Å². The summed E-state index contributed by atoms with van der Waals surface area (Å²) in [6, 6.07) is -4.76. The molecule has 0 bridgehead atoms. The van der Waals surface area contributed by atoms with Crippen molar-refractivity contribution in [1.82, 2.24) is 5.32 Å². The summed E-state index contributed by atoms with van der Waals surface area (Å²) in [6.45, 7) is 1.37. The quantitative estimate of drug-likeness (QED) is 0.142. The van der Waals surface area contributed by atoms with Gasteiger partial charge in [-0.2, -0.15) is 22.0 Å². The van der Waals surface area contributed by atoms with Crippen molar-refractivity contribution >= 4 is 0 Å². The van der Waals surface area contributed by atoms with E-state index in [9.17, 15) is 65.9 Å². The van der Waals surface area contributed by atoms with E-state index in [0.29, 0.717) is 12.8 Å². The van der Waals surface area contributed by atoms with Crippen LogP contribution >= 0.6 is 0 Å². The highest BCUT2D eigenvalue weighted by Gasteiger charge is 2.57. The molecule has 16 heteroatoms. The molecule has 0 aliphatic carbocycles. The molecule has 2 aromatic carbocycles. The van der Waals surface area contributed by atoms with E-state index >= 15 is 0 Å². The standard InChI is InChI=1S/C12F10.C6H10F5N/c13-3-1(4(14)8(18)11(21)7(3)17)2-5(15)9(19)12(22)10(20)6(2)16;1-2-3-4-12-6(10,11)5(7,8)9/h;12H,2-4H2,1H3. The molecule has 0 aliphatic rings. The molecule has 0 saturated heterocycles. The minimum Gasteiger partial charge on any atom is -0.250 e. The van der Waals surface area contributed by atoms with E-state index in [1.54, 1.807) is 6.92 Å². The summed E-state index contributed by atoms with van der Waals surface area (Å²) in [5, 5.41) is 1.14. The molecular weight excluding hydrogens is 515 g/mol. The molecule has 192 valence electrons. The maximum absolute atomic E-state index is 13.4. The second kappa shape index (κ2) is 10.7.